The molecule has 6 nitrogen and oxygen atoms in total. The summed E-state index contributed by atoms with van der Waals surface area (Å²) in [4.78, 5) is 10.7. The third kappa shape index (κ3) is 2.41. The van der Waals surface area contributed by atoms with Gasteiger partial charge in [0.25, 0.3) is 10.0 Å². The van der Waals surface area contributed by atoms with E-state index in [1.54, 1.807) is 0 Å². The number of ether oxygens (including phenoxy) is 1. The molecule has 8 heteroatoms. The molecule has 18 heavy (non-hydrogen) atoms. The molecule has 1 aromatic rings. The number of likely N-dealkylation sites (N-methyl/N-ethyl adjacent to an activating group) is 1. The second kappa shape index (κ2) is 4.96. The van der Waals surface area contributed by atoms with Crippen molar-refractivity contribution in [2.75, 3.05) is 20.3 Å². The van der Waals surface area contributed by atoms with Crippen LogP contribution in [0, 0.1) is 0 Å². The molecule has 1 aliphatic heterocycles. The van der Waals surface area contributed by atoms with E-state index >= 15 is 0 Å². The quantitative estimate of drug-likeness (QED) is 0.889. The lowest BCUT2D eigenvalue weighted by Crippen LogP contribution is -2.36. The summed E-state index contributed by atoms with van der Waals surface area (Å²) in [6.07, 6.45) is 0.660. The average molecular weight is 291 g/mol. The zero-order chi connectivity index (χ0) is 13.3. The van der Waals surface area contributed by atoms with Crippen molar-refractivity contribution < 1.29 is 23.1 Å². The minimum absolute atomic E-state index is 0.00496. The first-order chi connectivity index (χ1) is 8.43. The highest BCUT2D eigenvalue weighted by Crippen LogP contribution is 2.26. The molecule has 1 aromatic heterocycles. The number of rotatable bonds is 4. The van der Waals surface area contributed by atoms with Crippen LogP contribution in [-0.2, 0) is 14.8 Å². The Bertz CT molecular complexity index is 544. The first-order valence-electron chi connectivity index (χ1n) is 5.30. The molecule has 0 radical (unpaired) electrons. The van der Waals surface area contributed by atoms with Crippen molar-refractivity contribution in [2.45, 2.75) is 16.7 Å². The molecule has 2 rings (SSSR count). The smallest absolute Gasteiger partial charge is 0.336 e. The van der Waals surface area contributed by atoms with Gasteiger partial charge >= 0.3 is 5.97 Å². The number of hydrogen-bond donors (Lipinski definition) is 1. The molecule has 1 atom stereocenters. The van der Waals surface area contributed by atoms with Crippen molar-refractivity contribution in [1.29, 1.82) is 0 Å². The first kappa shape index (κ1) is 13.5. The van der Waals surface area contributed by atoms with Crippen molar-refractivity contribution in [1.82, 2.24) is 4.31 Å². The maximum atomic E-state index is 12.2. The van der Waals surface area contributed by atoms with Gasteiger partial charge in [0.05, 0.1) is 18.2 Å². The number of nitrogens with zero attached hydrogens (tertiary/aromatic N) is 1. The first-order valence-corrected chi connectivity index (χ1v) is 7.62. The van der Waals surface area contributed by atoms with Gasteiger partial charge in [0, 0.05) is 19.0 Å². The third-order valence-corrected chi connectivity index (χ3v) is 6.20. The van der Waals surface area contributed by atoms with Gasteiger partial charge in [-0.05, 0) is 12.5 Å². The SMILES string of the molecule is CN(C1CCOC1)S(=O)(=O)c1cc(C(=O)O)cs1. The van der Waals surface area contributed by atoms with Gasteiger partial charge in [-0.15, -0.1) is 11.3 Å². The zero-order valence-corrected chi connectivity index (χ0v) is 11.3. The molecule has 1 unspecified atom stereocenters. The Morgan fingerprint density at radius 3 is 2.83 bits per heavy atom. The lowest BCUT2D eigenvalue weighted by atomic mass is 10.3. The number of carboxylic acid groups (broad SMARTS) is 1. The Hall–Kier alpha value is -0.960. The van der Waals surface area contributed by atoms with Crippen LogP contribution in [0.5, 0.6) is 0 Å². The standard InChI is InChI=1S/C10H13NO5S2/c1-11(8-2-3-16-5-8)18(14,15)9-4-7(6-17-9)10(12)13/h4,6,8H,2-3,5H2,1H3,(H,12,13). The second-order valence-corrected chi connectivity index (χ2v) is 7.13. The molecule has 0 spiro atoms. The topological polar surface area (TPSA) is 83.9 Å². The number of carboxylic acids is 1. The Morgan fingerprint density at radius 2 is 2.33 bits per heavy atom. The van der Waals surface area contributed by atoms with Crippen LogP contribution in [-0.4, -0.2) is 50.1 Å². The highest BCUT2D eigenvalue weighted by molar-refractivity contribution is 7.91. The van der Waals surface area contributed by atoms with Gasteiger partial charge in [0.2, 0.25) is 0 Å². The van der Waals surface area contributed by atoms with E-state index in [9.17, 15) is 13.2 Å². The average Bonchev–Trinajstić information content (AvgIpc) is 2.99. The number of sulfonamides is 1. The van der Waals surface area contributed by atoms with Gasteiger partial charge in [-0.2, -0.15) is 4.31 Å². The van der Waals surface area contributed by atoms with E-state index < -0.39 is 16.0 Å². The van der Waals surface area contributed by atoms with Crippen LogP contribution in [0.15, 0.2) is 15.7 Å². The Labute approximate surface area is 109 Å². The molecule has 1 saturated heterocycles. The summed E-state index contributed by atoms with van der Waals surface area (Å²) >= 11 is 0.921. The van der Waals surface area contributed by atoms with Crippen LogP contribution in [0.3, 0.4) is 0 Å². The molecule has 0 bridgehead atoms. The van der Waals surface area contributed by atoms with Crippen LogP contribution in [0.1, 0.15) is 16.8 Å². The summed E-state index contributed by atoms with van der Waals surface area (Å²) in [5, 5.41) is 10.1. The third-order valence-electron chi connectivity index (χ3n) is 2.88. The Morgan fingerprint density at radius 1 is 1.61 bits per heavy atom. The molecule has 2 heterocycles. The van der Waals surface area contributed by atoms with Gasteiger partial charge in [0.1, 0.15) is 4.21 Å². The zero-order valence-electron chi connectivity index (χ0n) is 9.70. The highest BCUT2D eigenvalue weighted by Gasteiger charge is 2.31. The van der Waals surface area contributed by atoms with Crippen molar-refractivity contribution >= 4 is 27.3 Å². The maximum Gasteiger partial charge on any atom is 0.336 e. The molecule has 0 saturated carbocycles. The fraction of sp³-hybridized carbons (Fsp3) is 0.500. The summed E-state index contributed by atoms with van der Waals surface area (Å²) in [5.41, 5.74) is -0.00496. The van der Waals surface area contributed by atoms with Crippen molar-refractivity contribution in [3.05, 3.63) is 17.0 Å². The van der Waals surface area contributed by atoms with E-state index in [2.05, 4.69) is 0 Å². The van der Waals surface area contributed by atoms with Gasteiger partial charge < -0.3 is 9.84 Å². The van der Waals surface area contributed by atoms with Crippen LogP contribution < -0.4 is 0 Å². The fourth-order valence-corrected chi connectivity index (χ4v) is 4.42. The lowest BCUT2D eigenvalue weighted by molar-refractivity contribution is 0.0697. The van der Waals surface area contributed by atoms with Crippen molar-refractivity contribution in [3.63, 3.8) is 0 Å². The molecular formula is C10H13NO5S2. The van der Waals surface area contributed by atoms with E-state index in [4.69, 9.17) is 9.84 Å². The molecular weight excluding hydrogens is 278 g/mol. The molecule has 1 fully saturated rings. The van der Waals surface area contributed by atoms with Crippen LogP contribution >= 0.6 is 11.3 Å². The Balaban J connectivity index is 2.26. The van der Waals surface area contributed by atoms with Crippen molar-refractivity contribution in [2.24, 2.45) is 0 Å². The van der Waals surface area contributed by atoms with Crippen LogP contribution in [0.2, 0.25) is 0 Å². The molecule has 1 aliphatic rings. The lowest BCUT2D eigenvalue weighted by Gasteiger charge is -2.21. The summed E-state index contributed by atoms with van der Waals surface area (Å²) in [6, 6.07) is 1.01. The number of hydrogen-bond acceptors (Lipinski definition) is 5. The minimum Gasteiger partial charge on any atom is -0.478 e. The molecule has 0 aliphatic carbocycles. The van der Waals surface area contributed by atoms with Gasteiger partial charge in [0.15, 0.2) is 0 Å². The monoisotopic (exact) mass is 291 g/mol. The number of thiophene rings is 1. The van der Waals surface area contributed by atoms with E-state index in [0.29, 0.717) is 19.6 Å². The molecule has 0 amide bonds. The predicted molar refractivity (Wildman–Crippen MR) is 65.5 cm³/mol. The molecule has 0 aromatic carbocycles. The predicted octanol–water partition coefficient (Wildman–Crippen LogP) is 0.856. The van der Waals surface area contributed by atoms with Crippen molar-refractivity contribution in [3.8, 4) is 0 Å². The Kier molecular flexibility index (Phi) is 3.71. The summed E-state index contributed by atoms with van der Waals surface area (Å²) in [7, 11) is -2.13. The normalized spacial score (nSPS) is 20.4. The highest BCUT2D eigenvalue weighted by atomic mass is 32.2. The van der Waals surface area contributed by atoms with Gasteiger partial charge in [-0.3, -0.25) is 0 Å². The second-order valence-electron chi connectivity index (χ2n) is 4.00. The fourth-order valence-electron chi connectivity index (χ4n) is 1.71. The molecule has 1 N–H and O–H groups in total. The summed E-state index contributed by atoms with van der Waals surface area (Å²) in [5.74, 6) is -1.13. The van der Waals surface area contributed by atoms with Crippen LogP contribution in [0.25, 0.3) is 0 Å². The number of carbonyl (C=O) groups is 1. The summed E-state index contributed by atoms with van der Waals surface area (Å²) < 4.78 is 31.0. The molecule has 100 valence electrons. The van der Waals surface area contributed by atoms with E-state index in [0.717, 1.165) is 11.3 Å². The van der Waals surface area contributed by atoms with Gasteiger partial charge in [-0.25, -0.2) is 13.2 Å². The van der Waals surface area contributed by atoms with E-state index in [1.165, 1.54) is 22.8 Å². The minimum atomic E-state index is -3.63. The van der Waals surface area contributed by atoms with E-state index in [1.807, 2.05) is 0 Å². The summed E-state index contributed by atoms with van der Waals surface area (Å²) in [6.45, 7) is 0.933. The number of aromatic carboxylic acids is 1. The van der Waals surface area contributed by atoms with Gasteiger partial charge in [-0.1, -0.05) is 0 Å². The maximum absolute atomic E-state index is 12.2. The largest absolute Gasteiger partial charge is 0.478 e. The van der Waals surface area contributed by atoms with Crippen LogP contribution in [0.4, 0.5) is 0 Å². The van der Waals surface area contributed by atoms with E-state index in [-0.39, 0.29) is 15.8 Å².